The first-order valence-corrected chi connectivity index (χ1v) is 8.94. The summed E-state index contributed by atoms with van der Waals surface area (Å²) >= 11 is 5.31. The van der Waals surface area contributed by atoms with E-state index in [2.05, 4.69) is 77.4 Å². The lowest BCUT2D eigenvalue weighted by Crippen LogP contribution is -2.38. The highest BCUT2D eigenvalue weighted by molar-refractivity contribution is 9.10. The molecule has 4 heteroatoms. The third-order valence-electron chi connectivity index (χ3n) is 3.89. The summed E-state index contributed by atoms with van der Waals surface area (Å²) in [6, 6.07) is 11.1. The topological polar surface area (TPSA) is 29.3 Å². The highest BCUT2D eigenvalue weighted by Crippen LogP contribution is 2.29. The molecule has 2 atom stereocenters. The highest BCUT2D eigenvalue weighted by Gasteiger charge is 2.24. The molecule has 114 valence electrons. The van der Waals surface area contributed by atoms with Gasteiger partial charge in [0.1, 0.15) is 0 Å². The zero-order valence-electron chi connectivity index (χ0n) is 12.8. The van der Waals surface area contributed by atoms with Gasteiger partial charge >= 0.3 is 0 Å². The van der Waals surface area contributed by atoms with Crippen molar-refractivity contribution in [2.24, 2.45) is 5.73 Å². The van der Waals surface area contributed by atoms with Crippen molar-refractivity contribution in [2.75, 3.05) is 7.05 Å². The van der Waals surface area contributed by atoms with E-state index in [0.29, 0.717) is 0 Å². The molecule has 2 unspecified atom stereocenters. The van der Waals surface area contributed by atoms with E-state index in [1.807, 2.05) is 0 Å². The average Bonchev–Trinajstić information content (AvgIpc) is 2.86. The predicted molar refractivity (Wildman–Crippen MR) is 95.7 cm³/mol. The molecule has 0 bridgehead atoms. The molecule has 0 amide bonds. The Morgan fingerprint density at radius 3 is 2.62 bits per heavy atom. The van der Waals surface area contributed by atoms with E-state index in [1.165, 1.54) is 16.0 Å². The number of aryl methyl sites for hydroxylation is 1. The van der Waals surface area contributed by atoms with Crippen LogP contribution in [0.1, 0.15) is 35.4 Å². The van der Waals surface area contributed by atoms with Gasteiger partial charge in [-0.2, -0.15) is 0 Å². The van der Waals surface area contributed by atoms with E-state index in [4.69, 9.17) is 5.73 Å². The van der Waals surface area contributed by atoms with Crippen molar-refractivity contribution in [3.05, 3.63) is 56.2 Å². The van der Waals surface area contributed by atoms with Gasteiger partial charge in [-0.25, -0.2) is 0 Å². The van der Waals surface area contributed by atoms with Crippen molar-refractivity contribution >= 4 is 27.3 Å². The summed E-state index contributed by atoms with van der Waals surface area (Å²) in [5, 5.41) is 2.13. The molecular weight excluding hydrogens is 344 g/mol. The molecule has 0 spiro atoms. The van der Waals surface area contributed by atoms with Crippen molar-refractivity contribution in [1.82, 2.24) is 4.90 Å². The van der Waals surface area contributed by atoms with Crippen LogP contribution in [0.5, 0.6) is 0 Å². The maximum Gasteiger partial charge on any atom is 0.0502 e. The Balaban J connectivity index is 2.25. The van der Waals surface area contributed by atoms with Gasteiger partial charge in [-0.1, -0.05) is 31.2 Å². The van der Waals surface area contributed by atoms with Crippen LogP contribution in [0.25, 0.3) is 0 Å². The molecule has 1 aromatic heterocycles. The molecular formula is C17H23BrN2S. The number of hydrogen-bond donors (Lipinski definition) is 1. The molecule has 0 aliphatic carbocycles. The van der Waals surface area contributed by atoms with Crippen molar-refractivity contribution in [2.45, 2.75) is 38.9 Å². The fourth-order valence-corrected chi connectivity index (χ4v) is 4.23. The van der Waals surface area contributed by atoms with E-state index in [1.54, 1.807) is 11.3 Å². The van der Waals surface area contributed by atoms with Crippen LogP contribution in [0.3, 0.4) is 0 Å². The molecule has 2 nitrogen and oxygen atoms in total. The minimum Gasteiger partial charge on any atom is -0.326 e. The molecule has 1 heterocycles. The fourth-order valence-electron chi connectivity index (χ4n) is 2.72. The lowest BCUT2D eigenvalue weighted by Gasteiger charge is -2.33. The van der Waals surface area contributed by atoms with Gasteiger partial charge in [-0.3, -0.25) is 4.90 Å². The quantitative estimate of drug-likeness (QED) is 0.800. The van der Waals surface area contributed by atoms with Crippen LogP contribution in [0.4, 0.5) is 0 Å². The summed E-state index contributed by atoms with van der Waals surface area (Å²) < 4.78 is 1.16. The Hall–Kier alpha value is -0.680. The minimum atomic E-state index is 0.138. The third-order valence-corrected chi connectivity index (χ3v) is 5.57. The number of benzene rings is 1. The number of rotatable bonds is 6. The molecule has 0 aliphatic heterocycles. The van der Waals surface area contributed by atoms with Crippen LogP contribution in [-0.2, 0) is 6.54 Å². The second-order valence-corrected chi connectivity index (χ2v) is 7.43. The summed E-state index contributed by atoms with van der Waals surface area (Å²) in [5.41, 5.74) is 9.08. The van der Waals surface area contributed by atoms with Gasteiger partial charge in [0.15, 0.2) is 0 Å². The van der Waals surface area contributed by atoms with Gasteiger partial charge in [0.05, 0.1) is 6.04 Å². The SMILES string of the molecule is CCC(N)C(c1ccccc1C)N(C)Cc1cc(Br)cs1. The molecule has 0 fully saturated rings. The smallest absolute Gasteiger partial charge is 0.0502 e. The number of nitrogens with two attached hydrogens (primary N) is 1. The van der Waals surface area contributed by atoms with Gasteiger partial charge in [-0.15, -0.1) is 11.3 Å². The van der Waals surface area contributed by atoms with Crippen molar-refractivity contribution in [1.29, 1.82) is 0 Å². The average molecular weight is 367 g/mol. The van der Waals surface area contributed by atoms with Crippen molar-refractivity contribution in [3.63, 3.8) is 0 Å². The molecule has 0 saturated carbocycles. The van der Waals surface area contributed by atoms with Crippen LogP contribution >= 0.6 is 27.3 Å². The Kier molecular flexibility index (Phi) is 5.99. The summed E-state index contributed by atoms with van der Waals surface area (Å²) in [6.45, 7) is 5.24. The lowest BCUT2D eigenvalue weighted by atomic mass is 9.93. The van der Waals surface area contributed by atoms with Gasteiger partial charge in [0, 0.05) is 27.3 Å². The zero-order valence-corrected chi connectivity index (χ0v) is 15.2. The molecule has 1 aromatic carbocycles. The summed E-state index contributed by atoms with van der Waals surface area (Å²) in [4.78, 5) is 3.72. The van der Waals surface area contributed by atoms with Crippen LogP contribution in [-0.4, -0.2) is 18.0 Å². The van der Waals surface area contributed by atoms with Crippen LogP contribution < -0.4 is 5.73 Å². The van der Waals surface area contributed by atoms with Crippen LogP contribution in [0.2, 0.25) is 0 Å². The minimum absolute atomic E-state index is 0.138. The number of likely N-dealkylation sites (N-methyl/N-ethyl adjacent to an activating group) is 1. The van der Waals surface area contributed by atoms with E-state index < -0.39 is 0 Å². The number of halogens is 1. The normalized spacial score (nSPS) is 14.4. The maximum atomic E-state index is 6.43. The Morgan fingerprint density at radius 2 is 2.05 bits per heavy atom. The molecule has 21 heavy (non-hydrogen) atoms. The van der Waals surface area contributed by atoms with Gasteiger partial charge < -0.3 is 5.73 Å². The molecule has 2 aromatic rings. The summed E-state index contributed by atoms with van der Waals surface area (Å²) in [6.07, 6.45) is 0.970. The van der Waals surface area contributed by atoms with E-state index in [0.717, 1.165) is 17.4 Å². The largest absolute Gasteiger partial charge is 0.326 e. The molecule has 0 aliphatic rings. The lowest BCUT2D eigenvalue weighted by molar-refractivity contribution is 0.202. The van der Waals surface area contributed by atoms with Crippen LogP contribution in [0, 0.1) is 6.92 Å². The molecule has 2 rings (SSSR count). The molecule has 0 saturated heterocycles. The van der Waals surface area contributed by atoms with Crippen molar-refractivity contribution in [3.8, 4) is 0 Å². The Morgan fingerprint density at radius 1 is 1.33 bits per heavy atom. The monoisotopic (exact) mass is 366 g/mol. The second-order valence-electron chi connectivity index (χ2n) is 5.52. The first-order chi connectivity index (χ1) is 10.0. The Bertz CT molecular complexity index is 582. The first kappa shape index (κ1) is 16.7. The standard InChI is InChI=1S/C17H23BrN2S/c1-4-16(19)17(15-8-6-5-7-12(15)2)20(3)10-14-9-13(18)11-21-14/h5-9,11,16-17H,4,10,19H2,1-3H3. The first-order valence-electron chi connectivity index (χ1n) is 7.27. The third kappa shape index (κ3) is 4.16. The molecule has 2 N–H and O–H groups in total. The highest BCUT2D eigenvalue weighted by atomic mass is 79.9. The fraction of sp³-hybridized carbons (Fsp3) is 0.412. The maximum absolute atomic E-state index is 6.43. The number of hydrogen-bond acceptors (Lipinski definition) is 3. The summed E-state index contributed by atoms with van der Waals surface area (Å²) in [7, 11) is 2.17. The van der Waals surface area contributed by atoms with E-state index in [9.17, 15) is 0 Å². The van der Waals surface area contributed by atoms with Crippen molar-refractivity contribution < 1.29 is 0 Å². The number of nitrogens with zero attached hydrogens (tertiary/aromatic N) is 1. The van der Waals surface area contributed by atoms with Crippen LogP contribution in [0.15, 0.2) is 40.2 Å². The summed E-state index contributed by atoms with van der Waals surface area (Å²) in [5.74, 6) is 0. The second kappa shape index (κ2) is 7.54. The molecule has 0 radical (unpaired) electrons. The van der Waals surface area contributed by atoms with Gasteiger partial charge in [-0.05, 0) is 53.5 Å². The van der Waals surface area contributed by atoms with E-state index in [-0.39, 0.29) is 12.1 Å². The van der Waals surface area contributed by atoms with Gasteiger partial charge in [0.25, 0.3) is 0 Å². The predicted octanol–water partition coefficient (Wildman–Crippen LogP) is 4.73. The zero-order chi connectivity index (χ0) is 15.4. The number of thiophene rings is 1. The van der Waals surface area contributed by atoms with Gasteiger partial charge in [0.2, 0.25) is 0 Å². The van der Waals surface area contributed by atoms with E-state index >= 15 is 0 Å². The Labute approximate surface area is 140 Å².